The van der Waals surface area contributed by atoms with E-state index in [1.165, 1.54) is 12.3 Å². The van der Waals surface area contributed by atoms with Crippen molar-refractivity contribution in [2.24, 2.45) is 5.92 Å². The Kier molecular flexibility index (Phi) is 8.27. The molecule has 0 aliphatic carbocycles. The van der Waals surface area contributed by atoms with Crippen LogP contribution in [0.15, 0.2) is 64.2 Å². The molecule has 2 aromatic heterocycles. The Labute approximate surface area is 221 Å². The first-order valence-corrected chi connectivity index (χ1v) is 14.1. The SMILES string of the molecule is CC(C)CC(NC(=O)c1cc2ccccc2o1)C(=O)N[C@@H]1CC[C@H](C)N(S(=O)(=O)c2ccccn2)CC1=O. The van der Waals surface area contributed by atoms with Gasteiger partial charge in [0.1, 0.15) is 11.6 Å². The van der Waals surface area contributed by atoms with Crippen LogP contribution in [0.5, 0.6) is 0 Å². The monoisotopic (exact) mass is 540 g/mol. The maximum absolute atomic E-state index is 13.3. The van der Waals surface area contributed by atoms with Crippen LogP contribution >= 0.6 is 0 Å². The largest absolute Gasteiger partial charge is 0.451 e. The van der Waals surface area contributed by atoms with Crippen LogP contribution in [0.3, 0.4) is 0 Å². The first kappa shape index (κ1) is 27.5. The number of carbonyl (C=O) groups excluding carboxylic acids is 3. The van der Waals surface area contributed by atoms with Gasteiger partial charge in [-0.25, -0.2) is 13.4 Å². The summed E-state index contributed by atoms with van der Waals surface area (Å²) in [5.41, 5.74) is 0.561. The number of hydrogen-bond donors (Lipinski definition) is 2. The predicted molar refractivity (Wildman–Crippen MR) is 141 cm³/mol. The molecule has 1 aliphatic rings. The van der Waals surface area contributed by atoms with Gasteiger partial charge in [0.2, 0.25) is 5.91 Å². The summed E-state index contributed by atoms with van der Waals surface area (Å²) in [6, 6.07) is 11.1. The highest BCUT2D eigenvalue weighted by Gasteiger charge is 2.38. The molecular formula is C27H32N4O6S. The van der Waals surface area contributed by atoms with E-state index in [9.17, 15) is 22.8 Å². The highest BCUT2D eigenvalue weighted by Crippen LogP contribution is 2.23. The standard InChI is InChI=1S/C27H32N4O6S/c1-17(2)14-21(30-27(34)24-15-19-8-4-5-9-23(19)37-24)26(33)29-20-12-11-18(3)31(16-22(20)32)38(35,36)25-10-6-7-13-28-25/h4-10,13,15,17-18,20-21H,11-12,14,16H2,1-3H3,(H,29,33)(H,30,34)/t18-,20+,21?/m0/s1. The number of nitrogens with one attached hydrogen (secondary N) is 2. The van der Waals surface area contributed by atoms with Gasteiger partial charge in [0.05, 0.1) is 12.6 Å². The summed E-state index contributed by atoms with van der Waals surface area (Å²) in [6.45, 7) is 5.19. The van der Waals surface area contributed by atoms with Crippen molar-refractivity contribution >= 4 is 38.6 Å². The van der Waals surface area contributed by atoms with Gasteiger partial charge in [-0.1, -0.05) is 38.1 Å². The Hall–Kier alpha value is -3.57. The lowest BCUT2D eigenvalue weighted by Gasteiger charge is -2.25. The third-order valence-corrected chi connectivity index (χ3v) is 8.45. The van der Waals surface area contributed by atoms with Gasteiger partial charge < -0.3 is 15.1 Å². The normalized spacial score (nSPS) is 19.7. The van der Waals surface area contributed by atoms with Gasteiger partial charge in [-0.05, 0) is 56.4 Å². The van der Waals surface area contributed by atoms with E-state index < -0.39 is 45.7 Å². The first-order chi connectivity index (χ1) is 18.1. The second-order valence-corrected chi connectivity index (χ2v) is 11.8. The number of para-hydroxylation sites is 1. The third-order valence-electron chi connectivity index (χ3n) is 6.57. The summed E-state index contributed by atoms with van der Waals surface area (Å²) in [5, 5.41) is 6.13. The first-order valence-electron chi connectivity index (χ1n) is 12.6. The summed E-state index contributed by atoms with van der Waals surface area (Å²) in [6.07, 6.45) is 2.36. The molecule has 2 amide bonds. The van der Waals surface area contributed by atoms with Crippen molar-refractivity contribution in [2.75, 3.05) is 6.54 Å². The molecule has 1 aromatic carbocycles. The van der Waals surface area contributed by atoms with Crippen molar-refractivity contribution < 1.29 is 27.2 Å². The number of ketones is 1. The average molecular weight is 541 g/mol. The number of amides is 2. The molecule has 0 saturated carbocycles. The van der Waals surface area contributed by atoms with Crippen molar-refractivity contribution in [3.05, 3.63) is 60.5 Å². The zero-order valence-corrected chi connectivity index (χ0v) is 22.4. The molecule has 1 unspecified atom stereocenters. The van der Waals surface area contributed by atoms with Gasteiger partial charge >= 0.3 is 0 Å². The van der Waals surface area contributed by atoms with Crippen LogP contribution in [0, 0.1) is 5.92 Å². The summed E-state index contributed by atoms with van der Waals surface area (Å²) in [5.74, 6) is -1.30. The number of carbonyl (C=O) groups is 3. The van der Waals surface area contributed by atoms with E-state index >= 15 is 0 Å². The molecule has 4 rings (SSSR count). The topological polar surface area (TPSA) is 139 Å². The molecule has 0 spiro atoms. The number of furan rings is 1. The minimum absolute atomic E-state index is 0.0746. The molecule has 1 fully saturated rings. The molecule has 2 N–H and O–H groups in total. The Balaban J connectivity index is 1.47. The van der Waals surface area contributed by atoms with Crippen LogP contribution in [0.25, 0.3) is 11.0 Å². The van der Waals surface area contributed by atoms with Crippen molar-refractivity contribution in [1.82, 2.24) is 19.9 Å². The van der Waals surface area contributed by atoms with Gasteiger partial charge in [-0.2, -0.15) is 4.31 Å². The van der Waals surface area contributed by atoms with Crippen LogP contribution in [0.1, 0.15) is 50.6 Å². The molecule has 0 bridgehead atoms. The minimum atomic E-state index is -3.99. The molecule has 3 heterocycles. The quantitative estimate of drug-likeness (QED) is 0.448. The Morgan fingerprint density at radius 1 is 1.13 bits per heavy atom. The number of nitrogens with zero attached hydrogens (tertiary/aromatic N) is 2. The highest BCUT2D eigenvalue weighted by molar-refractivity contribution is 7.89. The van der Waals surface area contributed by atoms with Crippen LogP contribution < -0.4 is 10.6 Å². The van der Waals surface area contributed by atoms with E-state index in [1.54, 1.807) is 37.3 Å². The van der Waals surface area contributed by atoms with Crippen LogP contribution in [0.4, 0.5) is 0 Å². The van der Waals surface area contributed by atoms with Crippen molar-refractivity contribution in [3.8, 4) is 0 Å². The number of hydrogen-bond acceptors (Lipinski definition) is 7. The molecule has 1 saturated heterocycles. The predicted octanol–water partition coefficient (Wildman–Crippen LogP) is 2.90. The molecule has 10 nitrogen and oxygen atoms in total. The highest BCUT2D eigenvalue weighted by atomic mass is 32.2. The Morgan fingerprint density at radius 2 is 1.87 bits per heavy atom. The zero-order chi connectivity index (χ0) is 27.4. The fourth-order valence-electron chi connectivity index (χ4n) is 4.53. The number of aromatic nitrogens is 1. The van der Waals surface area contributed by atoms with Crippen molar-refractivity contribution in [3.63, 3.8) is 0 Å². The number of pyridine rings is 1. The average Bonchev–Trinajstić information content (AvgIpc) is 3.27. The Morgan fingerprint density at radius 3 is 2.55 bits per heavy atom. The summed E-state index contributed by atoms with van der Waals surface area (Å²) in [4.78, 5) is 43.3. The number of rotatable bonds is 8. The van der Waals surface area contributed by atoms with Gasteiger partial charge in [0.25, 0.3) is 15.9 Å². The molecule has 202 valence electrons. The number of fused-ring (bicyclic) bond motifs is 1. The van der Waals surface area contributed by atoms with Crippen LogP contribution in [0.2, 0.25) is 0 Å². The smallest absolute Gasteiger partial charge is 0.287 e. The molecule has 38 heavy (non-hydrogen) atoms. The second-order valence-electron chi connectivity index (χ2n) is 9.98. The second kappa shape index (κ2) is 11.4. The zero-order valence-electron chi connectivity index (χ0n) is 21.6. The van der Waals surface area contributed by atoms with Crippen molar-refractivity contribution in [2.45, 2.75) is 63.2 Å². The number of benzene rings is 1. The van der Waals surface area contributed by atoms with Gasteiger partial charge in [0.15, 0.2) is 16.6 Å². The van der Waals surface area contributed by atoms with Gasteiger partial charge in [-0.3, -0.25) is 14.4 Å². The number of sulfonamides is 1. The third kappa shape index (κ3) is 6.11. The van der Waals surface area contributed by atoms with E-state index in [-0.39, 0.29) is 29.7 Å². The maximum Gasteiger partial charge on any atom is 0.287 e. The maximum atomic E-state index is 13.3. The van der Waals surface area contributed by atoms with E-state index in [2.05, 4.69) is 15.6 Å². The van der Waals surface area contributed by atoms with Crippen LogP contribution in [-0.4, -0.2) is 60.0 Å². The summed E-state index contributed by atoms with van der Waals surface area (Å²) >= 11 is 0. The minimum Gasteiger partial charge on any atom is -0.451 e. The molecule has 1 aliphatic heterocycles. The van der Waals surface area contributed by atoms with E-state index in [0.717, 1.165) is 9.69 Å². The molecular weight excluding hydrogens is 508 g/mol. The lowest BCUT2D eigenvalue weighted by atomic mass is 10.0. The summed E-state index contributed by atoms with van der Waals surface area (Å²) in [7, 11) is -3.99. The molecule has 3 aromatic rings. The Bertz CT molecular complexity index is 1390. The fraction of sp³-hybridized carbons (Fsp3) is 0.407. The molecule has 11 heteroatoms. The lowest BCUT2D eigenvalue weighted by Crippen LogP contribution is -2.52. The van der Waals surface area contributed by atoms with Gasteiger partial charge in [0, 0.05) is 17.6 Å². The molecule has 3 atom stereocenters. The van der Waals surface area contributed by atoms with Crippen LogP contribution in [-0.2, 0) is 19.6 Å². The van der Waals surface area contributed by atoms with Crippen molar-refractivity contribution in [1.29, 1.82) is 0 Å². The summed E-state index contributed by atoms with van der Waals surface area (Å²) < 4.78 is 33.0. The number of Topliss-reactive ketones (excluding diaryl/α,β-unsaturated/α-hetero) is 1. The van der Waals surface area contributed by atoms with E-state index in [0.29, 0.717) is 18.4 Å². The fourth-order valence-corrected chi connectivity index (χ4v) is 6.09. The lowest BCUT2D eigenvalue weighted by molar-refractivity contribution is -0.129. The van der Waals surface area contributed by atoms with Gasteiger partial charge in [-0.15, -0.1) is 0 Å². The van der Waals surface area contributed by atoms with E-state index in [4.69, 9.17) is 4.42 Å². The van der Waals surface area contributed by atoms with E-state index in [1.807, 2.05) is 26.0 Å². The molecule has 0 radical (unpaired) electrons.